The number of carbonyl (C=O) groups is 2. The number of benzene rings is 1. The van der Waals surface area contributed by atoms with Crippen LogP contribution in [0.25, 0.3) is 0 Å². The van der Waals surface area contributed by atoms with Gasteiger partial charge < -0.3 is 20.1 Å². The molecular weight excluding hydrogens is 306 g/mol. The molecule has 1 aromatic rings. The van der Waals surface area contributed by atoms with Gasteiger partial charge in [0.15, 0.2) is 12.4 Å². The van der Waals surface area contributed by atoms with E-state index < -0.39 is 23.5 Å². The second-order valence-corrected chi connectivity index (χ2v) is 4.56. The summed E-state index contributed by atoms with van der Waals surface area (Å²) in [6, 6.07) is 3.30. The number of nitro benzene ring substituents is 1. The Morgan fingerprint density at radius 1 is 1.39 bits per heavy atom. The zero-order valence-electron chi connectivity index (χ0n) is 13.1. The van der Waals surface area contributed by atoms with Gasteiger partial charge in [-0.2, -0.15) is 0 Å². The molecule has 0 saturated heterocycles. The Labute approximate surface area is 133 Å². The number of hydrogen-bond acceptors (Lipinski definition) is 6. The monoisotopic (exact) mass is 325 g/mol. The van der Waals surface area contributed by atoms with Gasteiger partial charge in [0.2, 0.25) is 5.91 Å². The van der Waals surface area contributed by atoms with Crippen molar-refractivity contribution >= 4 is 17.5 Å². The van der Waals surface area contributed by atoms with E-state index in [2.05, 4.69) is 10.6 Å². The molecule has 0 bridgehead atoms. The molecule has 1 atom stereocenters. The van der Waals surface area contributed by atoms with E-state index in [0.29, 0.717) is 12.3 Å². The highest BCUT2D eigenvalue weighted by atomic mass is 16.6. The molecule has 0 radical (unpaired) electrons. The SMILES string of the molecule is CCNC(=O)[C@H](C)NC(=O)COc1ccc(OC)cc1[N+](=O)[O-]. The maximum Gasteiger partial charge on any atom is 0.314 e. The van der Waals surface area contributed by atoms with Crippen LogP contribution < -0.4 is 20.1 Å². The van der Waals surface area contributed by atoms with E-state index in [1.165, 1.54) is 32.2 Å². The molecule has 9 nitrogen and oxygen atoms in total. The highest BCUT2D eigenvalue weighted by Gasteiger charge is 2.19. The molecule has 23 heavy (non-hydrogen) atoms. The van der Waals surface area contributed by atoms with Crippen molar-refractivity contribution in [3.63, 3.8) is 0 Å². The summed E-state index contributed by atoms with van der Waals surface area (Å²) < 4.78 is 10.1. The molecule has 0 aliphatic carbocycles. The van der Waals surface area contributed by atoms with Crippen LogP contribution in [0.3, 0.4) is 0 Å². The Morgan fingerprint density at radius 3 is 2.65 bits per heavy atom. The molecule has 0 saturated carbocycles. The van der Waals surface area contributed by atoms with E-state index in [1.807, 2.05) is 0 Å². The van der Waals surface area contributed by atoms with Gasteiger partial charge in [0, 0.05) is 6.54 Å². The average molecular weight is 325 g/mol. The zero-order valence-corrected chi connectivity index (χ0v) is 13.1. The van der Waals surface area contributed by atoms with Gasteiger partial charge in [-0.1, -0.05) is 0 Å². The number of rotatable bonds is 8. The van der Waals surface area contributed by atoms with Gasteiger partial charge >= 0.3 is 5.69 Å². The van der Waals surface area contributed by atoms with Crippen molar-refractivity contribution in [2.24, 2.45) is 0 Å². The quantitative estimate of drug-likeness (QED) is 0.534. The van der Waals surface area contributed by atoms with Crippen LogP contribution in [-0.2, 0) is 9.59 Å². The van der Waals surface area contributed by atoms with Crippen LogP contribution >= 0.6 is 0 Å². The van der Waals surface area contributed by atoms with E-state index in [-0.39, 0.29) is 17.3 Å². The first kappa shape index (κ1) is 18.2. The van der Waals surface area contributed by atoms with Crippen molar-refractivity contribution in [1.29, 1.82) is 0 Å². The van der Waals surface area contributed by atoms with Crippen LogP contribution in [0.15, 0.2) is 18.2 Å². The second-order valence-electron chi connectivity index (χ2n) is 4.56. The van der Waals surface area contributed by atoms with Gasteiger partial charge in [-0.25, -0.2) is 0 Å². The Hall–Kier alpha value is -2.84. The zero-order chi connectivity index (χ0) is 17.4. The first-order valence-corrected chi connectivity index (χ1v) is 6.91. The fourth-order valence-corrected chi connectivity index (χ4v) is 1.71. The predicted octanol–water partition coefficient (Wildman–Crippen LogP) is 0.623. The lowest BCUT2D eigenvalue weighted by Gasteiger charge is -2.13. The first-order valence-electron chi connectivity index (χ1n) is 6.91. The largest absolute Gasteiger partial charge is 0.496 e. The predicted molar refractivity (Wildman–Crippen MR) is 81.4 cm³/mol. The molecule has 0 aromatic heterocycles. The normalized spacial score (nSPS) is 11.3. The molecule has 0 spiro atoms. The molecule has 0 aliphatic heterocycles. The van der Waals surface area contributed by atoms with Crippen molar-refractivity contribution in [3.05, 3.63) is 28.3 Å². The number of nitrogens with zero attached hydrogens (tertiary/aromatic N) is 1. The number of nitro groups is 1. The van der Waals surface area contributed by atoms with Crippen LogP contribution in [-0.4, -0.2) is 43.0 Å². The summed E-state index contributed by atoms with van der Waals surface area (Å²) in [6.45, 7) is 3.29. The van der Waals surface area contributed by atoms with Crippen molar-refractivity contribution < 1.29 is 24.0 Å². The highest BCUT2D eigenvalue weighted by molar-refractivity contribution is 5.87. The highest BCUT2D eigenvalue weighted by Crippen LogP contribution is 2.30. The lowest BCUT2D eigenvalue weighted by atomic mass is 10.3. The Bertz CT molecular complexity index is 590. The summed E-state index contributed by atoms with van der Waals surface area (Å²) in [5.74, 6) is -0.639. The summed E-state index contributed by atoms with van der Waals surface area (Å²) in [6.07, 6.45) is 0. The fourth-order valence-electron chi connectivity index (χ4n) is 1.71. The van der Waals surface area contributed by atoms with Crippen LogP contribution in [0.4, 0.5) is 5.69 Å². The number of carbonyl (C=O) groups excluding carboxylic acids is 2. The first-order chi connectivity index (χ1) is 10.9. The fraction of sp³-hybridized carbons (Fsp3) is 0.429. The Kier molecular flexibility index (Phi) is 6.78. The third kappa shape index (κ3) is 5.46. The van der Waals surface area contributed by atoms with Crippen molar-refractivity contribution in [2.45, 2.75) is 19.9 Å². The molecule has 9 heteroatoms. The Balaban J connectivity index is 2.66. The molecule has 2 amide bonds. The van der Waals surface area contributed by atoms with Gasteiger partial charge in [0.25, 0.3) is 5.91 Å². The third-order valence-corrected chi connectivity index (χ3v) is 2.84. The topological polar surface area (TPSA) is 120 Å². The summed E-state index contributed by atoms with van der Waals surface area (Å²) in [5.41, 5.74) is -0.311. The second kappa shape index (κ2) is 8.57. The number of nitrogens with one attached hydrogen (secondary N) is 2. The van der Waals surface area contributed by atoms with Gasteiger partial charge in [0.1, 0.15) is 11.8 Å². The molecule has 1 aromatic carbocycles. The minimum absolute atomic E-state index is 0.0587. The van der Waals surface area contributed by atoms with E-state index in [0.717, 1.165) is 0 Å². The van der Waals surface area contributed by atoms with Crippen LogP contribution in [0.2, 0.25) is 0 Å². The molecule has 0 fully saturated rings. The van der Waals surface area contributed by atoms with Crippen molar-refractivity contribution in [2.75, 3.05) is 20.3 Å². The molecule has 1 rings (SSSR count). The summed E-state index contributed by atoms with van der Waals surface area (Å²) in [5, 5.41) is 16.0. The standard InChI is InChI=1S/C14H19N3O6/c1-4-15-14(19)9(2)16-13(18)8-23-12-6-5-10(22-3)7-11(12)17(20)21/h5-7,9H,4,8H2,1-3H3,(H,15,19)(H,16,18)/t9-/m0/s1. The van der Waals surface area contributed by atoms with Crippen molar-refractivity contribution in [1.82, 2.24) is 10.6 Å². The maximum absolute atomic E-state index is 11.7. The maximum atomic E-state index is 11.7. The summed E-state index contributed by atoms with van der Waals surface area (Å²) in [4.78, 5) is 33.6. The van der Waals surface area contributed by atoms with E-state index in [9.17, 15) is 19.7 Å². The summed E-state index contributed by atoms with van der Waals surface area (Å²) in [7, 11) is 1.38. The minimum atomic E-state index is -0.725. The lowest BCUT2D eigenvalue weighted by Crippen LogP contribution is -2.46. The number of hydrogen-bond donors (Lipinski definition) is 2. The number of methoxy groups -OCH3 is 1. The number of amides is 2. The van der Waals surface area contributed by atoms with E-state index >= 15 is 0 Å². The third-order valence-electron chi connectivity index (χ3n) is 2.84. The van der Waals surface area contributed by atoms with E-state index in [1.54, 1.807) is 6.92 Å². The summed E-state index contributed by atoms with van der Waals surface area (Å²) >= 11 is 0. The number of ether oxygens (including phenoxy) is 2. The van der Waals surface area contributed by atoms with Crippen LogP contribution in [0.5, 0.6) is 11.5 Å². The lowest BCUT2D eigenvalue weighted by molar-refractivity contribution is -0.385. The van der Waals surface area contributed by atoms with Gasteiger partial charge in [-0.15, -0.1) is 0 Å². The molecular formula is C14H19N3O6. The van der Waals surface area contributed by atoms with E-state index in [4.69, 9.17) is 9.47 Å². The average Bonchev–Trinajstić information content (AvgIpc) is 2.52. The van der Waals surface area contributed by atoms with Crippen LogP contribution in [0.1, 0.15) is 13.8 Å². The molecule has 2 N–H and O–H groups in total. The molecule has 0 aliphatic rings. The Morgan fingerprint density at radius 2 is 2.09 bits per heavy atom. The smallest absolute Gasteiger partial charge is 0.314 e. The van der Waals surface area contributed by atoms with Crippen molar-refractivity contribution in [3.8, 4) is 11.5 Å². The van der Waals surface area contributed by atoms with Crippen LogP contribution in [0, 0.1) is 10.1 Å². The minimum Gasteiger partial charge on any atom is -0.496 e. The molecule has 126 valence electrons. The van der Waals surface area contributed by atoms with Gasteiger partial charge in [0.05, 0.1) is 18.1 Å². The number of likely N-dealkylation sites (N-methyl/N-ethyl adjacent to an activating group) is 1. The van der Waals surface area contributed by atoms with Gasteiger partial charge in [-0.3, -0.25) is 19.7 Å². The van der Waals surface area contributed by atoms with Gasteiger partial charge in [-0.05, 0) is 26.0 Å². The molecule has 0 heterocycles. The molecule has 0 unspecified atom stereocenters.